The Bertz CT molecular complexity index is 385. The molecule has 0 aliphatic carbocycles. The third kappa shape index (κ3) is 5.06. The van der Waals surface area contributed by atoms with Crippen molar-refractivity contribution in [3.63, 3.8) is 0 Å². The summed E-state index contributed by atoms with van der Waals surface area (Å²) in [4.78, 5) is 10.3. The van der Waals surface area contributed by atoms with E-state index in [1.807, 2.05) is 25.1 Å². The lowest BCUT2D eigenvalue weighted by atomic mass is 10.3. The van der Waals surface area contributed by atoms with Gasteiger partial charge in [0.05, 0.1) is 6.61 Å². The van der Waals surface area contributed by atoms with Gasteiger partial charge in [-0.05, 0) is 24.6 Å². The fraction of sp³-hybridized carbons (Fsp3) is 0.308. The van der Waals surface area contributed by atoms with E-state index in [1.165, 1.54) is 6.08 Å². The highest BCUT2D eigenvalue weighted by atomic mass is 16.5. The van der Waals surface area contributed by atoms with Gasteiger partial charge in [-0.3, -0.25) is 0 Å². The minimum absolute atomic E-state index is 0.207. The molecule has 1 N–H and O–H groups in total. The van der Waals surface area contributed by atoms with Crippen LogP contribution in [-0.4, -0.2) is 24.3 Å². The number of carboxylic acids is 1. The molecular weight excluding hydrogens is 220 g/mol. The first-order valence-corrected chi connectivity index (χ1v) is 5.48. The first kappa shape index (κ1) is 13.1. The number of carbonyl (C=O) groups is 1. The molecule has 1 aromatic carbocycles. The van der Waals surface area contributed by atoms with Crippen molar-refractivity contribution in [1.29, 1.82) is 0 Å². The summed E-state index contributed by atoms with van der Waals surface area (Å²) in [6, 6.07) is 7.32. The van der Waals surface area contributed by atoms with Crippen molar-refractivity contribution in [2.75, 3.05) is 13.2 Å². The van der Waals surface area contributed by atoms with Crippen LogP contribution in [0, 0.1) is 0 Å². The Kier molecular flexibility index (Phi) is 5.64. The number of hydrogen-bond donors (Lipinski definition) is 1. The molecule has 0 aliphatic rings. The minimum atomic E-state index is -0.982. The van der Waals surface area contributed by atoms with Gasteiger partial charge in [0.2, 0.25) is 0 Å². The number of hydrogen-bond acceptors (Lipinski definition) is 3. The zero-order chi connectivity index (χ0) is 12.5. The molecule has 0 aliphatic heterocycles. The Hall–Kier alpha value is -1.97. The second-order valence-electron chi connectivity index (χ2n) is 3.35. The standard InChI is InChI=1S/C13H16O4/c1-2-9-16-11-6-3-4-7-12(11)17-10-5-8-13(14)15/h3-8H,2,9-10H2,1H3,(H,14,15). The zero-order valence-corrected chi connectivity index (χ0v) is 9.76. The van der Waals surface area contributed by atoms with Crippen LogP contribution in [0.4, 0.5) is 0 Å². The summed E-state index contributed by atoms with van der Waals surface area (Å²) in [5.41, 5.74) is 0. The second kappa shape index (κ2) is 7.33. The normalized spacial score (nSPS) is 10.4. The van der Waals surface area contributed by atoms with E-state index in [1.54, 1.807) is 6.07 Å². The van der Waals surface area contributed by atoms with Gasteiger partial charge < -0.3 is 14.6 Å². The molecule has 0 unspecified atom stereocenters. The summed E-state index contributed by atoms with van der Waals surface area (Å²) in [6.07, 6.45) is 3.42. The number of benzene rings is 1. The lowest BCUT2D eigenvalue weighted by Gasteiger charge is -2.10. The van der Waals surface area contributed by atoms with Crippen molar-refractivity contribution >= 4 is 5.97 Å². The third-order valence-corrected chi connectivity index (χ3v) is 1.91. The van der Waals surface area contributed by atoms with Crippen LogP contribution in [0.15, 0.2) is 36.4 Å². The molecule has 0 fully saturated rings. The molecule has 0 amide bonds. The Balaban J connectivity index is 2.54. The van der Waals surface area contributed by atoms with Gasteiger partial charge >= 0.3 is 5.97 Å². The van der Waals surface area contributed by atoms with E-state index in [9.17, 15) is 4.79 Å². The van der Waals surface area contributed by atoms with Crippen LogP contribution >= 0.6 is 0 Å². The van der Waals surface area contributed by atoms with Crippen molar-refractivity contribution in [2.24, 2.45) is 0 Å². The summed E-state index contributed by atoms with van der Waals surface area (Å²) in [7, 11) is 0. The van der Waals surface area contributed by atoms with Gasteiger partial charge in [0.15, 0.2) is 11.5 Å². The Labute approximate surface area is 100 Å². The molecule has 0 heterocycles. The molecule has 0 spiro atoms. The largest absolute Gasteiger partial charge is 0.490 e. The Morgan fingerprint density at radius 3 is 2.53 bits per heavy atom. The number of rotatable bonds is 7. The van der Waals surface area contributed by atoms with Gasteiger partial charge in [-0.15, -0.1) is 0 Å². The maximum atomic E-state index is 10.3. The number of aliphatic carboxylic acids is 1. The maximum absolute atomic E-state index is 10.3. The van der Waals surface area contributed by atoms with Crippen LogP contribution in [0.2, 0.25) is 0 Å². The smallest absolute Gasteiger partial charge is 0.328 e. The lowest BCUT2D eigenvalue weighted by Crippen LogP contribution is -2.00. The Morgan fingerprint density at radius 2 is 1.94 bits per heavy atom. The summed E-state index contributed by atoms with van der Waals surface area (Å²) >= 11 is 0. The molecular formula is C13H16O4. The average molecular weight is 236 g/mol. The monoisotopic (exact) mass is 236 g/mol. The molecule has 0 saturated heterocycles. The van der Waals surface area contributed by atoms with Gasteiger partial charge in [-0.25, -0.2) is 4.79 Å². The predicted molar refractivity (Wildman–Crippen MR) is 64.5 cm³/mol. The fourth-order valence-electron chi connectivity index (χ4n) is 1.19. The van der Waals surface area contributed by atoms with Crippen LogP contribution < -0.4 is 9.47 Å². The summed E-state index contributed by atoms with van der Waals surface area (Å²) in [5, 5.41) is 8.41. The van der Waals surface area contributed by atoms with E-state index in [-0.39, 0.29) is 6.61 Å². The van der Waals surface area contributed by atoms with Crippen LogP contribution in [-0.2, 0) is 4.79 Å². The van der Waals surface area contributed by atoms with Crippen molar-refractivity contribution in [2.45, 2.75) is 13.3 Å². The van der Waals surface area contributed by atoms with Gasteiger partial charge in [0.1, 0.15) is 6.61 Å². The van der Waals surface area contributed by atoms with Crippen molar-refractivity contribution in [3.8, 4) is 11.5 Å². The van der Waals surface area contributed by atoms with Crippen molar-refractivity contribution in [3.05, 3.63) is 36.4 Å². The van der Waals surface area contributed by atoms with Gasteiger partial charge in [0.25, 0.3) is 0 Å². The molecule has 0 radical (unpaired) electrons. The van der Waals surface area contributed by atoms with Crippen LogP contribution in [0.5, 0.6) is 11.5 Å². The average Bonchev–Trinajstić information content (AvgIpc) is 2.33. The quantitative estimate of drug-likeness (QED) is 0.739. The van der Waals surface area contributed by atoms with Crippen LogP contribution in [0.1, 0.15) is 13.3 Å². The molecule has 1 aromatic rings. The molecule has 17 heavy (non-hydrogen) atoms. The highest BCUT2D eigenvalue weighted by Gasteiger charge is 2.02. The molecule has 4 nitrogen and oxygen atoms in total. The van der Waals surface area contributed by atoms with E-state index in [4.69, 9.17) is 14.6 Å². The lowest BCUT2D eigenvalue weighted by molar-refractivity contribution is -0.131. The highest BCUT2D eigenvalue weighted by Crippen LogP contribution is 2.26. The van der Waals surface area contributed by atoms with Crippen LogP contribution in [0.3, 0.4) is 0 Å². The zero-order valence-electron chi connectivity index (χ0n) is 9.76. The first-order valence-electron chi connectivity index (χ1n) is 5.48. The molecule has 0 aromatic heterocycles. The van der Waals surface area contributed by atoms with Crippen molar-refractivity contribution in [1.82, 2.24) is 0 Å². The second-order valence-corrected chi connectivity index (χ2v) is 3.35. The predicted octanol–water partition coefficient (Wildman–Crippen LogP) is 2.50. The first-order chi connectivity index (χ1) is 8.24. The summed E-state index contributed by atoms with van der Waals surface area (Å²) in [5.74, 6) is 0.318. The topological polar surface area (TPSA) is 55.8 Å². The number of para-hydroxylation sites is 2. The fourth-order valence-corrected chi connectivity index (χ4v) is 1.19. The SMILES string of the molecule is CCCOc1ccccc1OCC=CC(=O)O. The van der Waals surface area contributed by atoms with E-state index in [2.05, 4.69) is 0 Å². The van der Waals surface area contributed by atoms with Crippen LogP contribution in [0.25, 0.3) is 0 Å². The maximum Gasteiger partial charge on any atom is 0.328 e. The van der Waals surface area contributed by atoms with Crippen molar-refractivity contribution < 1.29 is 19.4 Å². The van der Waals surface area contributed by atoms with E-state index >= 15 is 0 Å². The molecule has 1 rings (SSSR count). The van der Waals surface area contributed by atoms with Gasteiger partial charge in [-0.2, -0.15) is 0 Å². The molecule has 4 heteroatoms. The highest BCUT2D eigenvalue weighted by molar-refractivity contribution is 5.79. The van der Waals surface area contributed by atoms with Gasteiger partial charge in [-0.1, -0.05) is 19.1 Å². The number of carboxylic acid groups (broad SMARTS) is 1. The molecule has 0 bridgehead atoms. The molecule has 92 valence electrons. The minimum Gasteiger partial charge on any atom is -0.490 e. The van der Waals surface area contributed by atoms with E-state index < -0.39 is 5.97 Å². The third-order valence-electron chi connectivity index (χ3n) is 1.91. The summed E-state index contributed by atoms with van der Waals surface area (Å²) < 4.78 is 10.9. The van der Waals surface area contributed by atoms with E-state index in [0.717, 1.165) is 12.5 Å². The molecule has 0 saturated carbocycles. The van der Waals surface area contributed by atoms with Gasteiger partial charge in [0, 0.05) is 6.08 Å². The Morgan fingerprint density at radius 1 is 1.29 bits per heavy atom. The summed E-state index contributed by atoms with van der Waals surface area (Å²) in [6.45, 7) is 2.86. The van der Waals surface area contributed by atoms with E-state index in [0.29, 0.717) is 18.1 Å². The molecule has 0 atom stereocenters. The number of ether oxygens (including phenoxy) is 2.